The van der Waals surface area contributed by atoms with E-state index < -0.39 is 0 Å². The predicted molar refractivity (Wildman–Crippen MR) is 61.4 cm³/mol. The van der Waals surface area contributed by atoms with Crippen LogP contribution in [0, 0.1) is 18.3 Å². The molecule has 1 aromatic carbocycles. The smallest absolute Gasteiger partial charge is 0.251 e. The SMILES string of the molecule is Cc1ccc(C(=O)NCCC#N)cc1Br. The van der Waals surface area contributed by atoms with Crippen molar-refractivity contribution >= 4 is 21.8 Å². The zero-order chi connectivity index (χ0) is 11.3. The molecule has 0 spiro atoms. The quantitative estimate of drug-likeness (QED) is 0.855. The molecule has 1 amide bonds. The van der Waals surface area contributed by atoms with Crippen LogP contribution in [0.2, 0.25) is 0 Å². The van der Waals surface area contributed by atoms with Crippen LogP contribution >= 0.6 is 15.9 Å². The Bertz CT molecular complexity index is 410. The molecule has 0 saturated carbocycles. The highest BCUT2D eigenvalue weighted by Gasteiger charge is 2.05. The molecule has 1 rings (SSSR count). The van der Waals surface area contributed by atoms with E-state index in [1.807, 2.05) is 19.1 Å². The van der Waals surface area contributed by atoms with Crippen LogP contribution in [-0.4, -0.2) is 12.5 Å². The number of hydrogen-bond acceptors (Lipinski definition) is 2. The number of carbonyl (C=O) groups excluding carboxylic acids is 1. The van der Waals surface area contributed by atoms with Gasteiger partial charge < -0.3 is 5.32 Å². The van der Waals surface area contributed by atoms with Crippen LogP contribution in [0.1, 0.15) is 22.3 Å². The van der Waals surface area contributed by atoms with Crippen molar-refractivity contribution in [3.05, 3.63) is 33.8 Å². The highest BCUT2D eigenvalue weighted by atomic mass is 79.9. The van der Waals surface area contributed by atoms with Crippen LogP contribution in [0.25, 0.3) is 0 Å². The minimum Gasteiger partial charge on any atom is -0.351 e. The molecular formula is C11H11BrN2O. The first kappa shape index (κ1) is 11.7. The molecule has 15 heavy (non-hydrogen) atoms. The number of rotatable bonds is 3. The van der Waals surface area contributed by atoms with E-state index in [0.717, 1.165) is 10.0 Å². The number of carbonyl (C=O) groups is 1. The molecule has 0 saturated heterocycles. The Kier molecular flexibility index (Phi) is 4.32. The zero-order valence-electron chi connectivity index (χ0n) is 8.38. The molecule has 0 atom stereocenters. The zero-order valence-corrected chi connectivity index (χ0v) is 9.97. The van der Waals surface area contributed by atoms with Crippen LogP contribution in [0.15, 0.2) is 22.7 Å². The number of nitrogens with one attached hydrogen (secondary N) is 1. The van der Waals surface area contributed by atoms with Crippen molar-refractivity contribution < 1.29 is 4.79 Å². The summed E-state index contributed by atoms with van der Waals surface area (Å²) in [5, 5.41) is 11.0. The third-order valence-electron chi connectivity index (χ3n) is 1.96. The third-order valence-corrected chi connectivity index (χ3v) is 2.81. The van der Waals surface area contributed by atoms with Gasteiger partial charge in [-0.15, -0.1) is 0 Å². The molecule has 4 heteroatoms. The van der Waals surface area contributed by atoms with Gasteiger partial charge in [0.05, 0.1) is 12.5 Å². The monoisotopic (exact) mass is 266 g/mol. The van der Waals surface area contributed by atoms with E-state index in [2.05, 4.69) is 21.2 Å². The van der Waals surface area contributed by atoms with Crippen molar-refractivity contribution in [2.75, 3.05) is 6.54 Å². The highest BCUT2D eigenvalue weighted by Crippen LogP contribution is 2.17. The number of halogens is 1. The summed E-state index contributed by atoms with van der Waals surface area (Å²) in [5.41, 5.74) is 1.69. The number of aryl methyl sites for hydroxylation is 1. The number of nitrogens with zero attached hydrogens (tertiary/aromatic N) is 1. The Labute approximate surface area is 97.2 Å². The lowest BCUT2D eigenvalue weighted by molar-refractivity contribution is 0.0954. The number of hydrogen-bond donors (Lipinski definition) is 1. The normalized spacial score (nSPS) is 9.40. The Balaban J connectivity index is 2.67. The minimum atomic E-state index is -0.147. The van der Waals surface area contributed by atoms with Gasteiger partial charge in [-0.3, -0.25) is 4.79 Å². The summed E-state index contributed by atoms with van der Waals surface area (Å²) in [6.45, 7) is 2.35. The molecule has 0 bridgehead atoms. The number of benzene rings is 1. The van der Waals surface area contributed by atoms with Gasteiger partial charge in [-0.25, -0.2) is 0 Å². The fourth-order valence-electron chi connectivity index (χ4n) is 1.07. The van der Waals surface area contributed by atoms with E-state index in [0.29, 0.717) is 18.5 Å². The van der Waals surface area contributed by atoms with Crippen molar-refractivity contribution in [2.45, 2.75) is 13.3 Å². The van der Waals surface area contributed by atoms with Crippen LogP contribution in [0.5, 0.6) is 0 Å². The van der Waals surface area contributed by atoms with Crippen molar-refractivity contribution in [1.82, 2.24) is 5.32 Å². The van der Waals surface area contributed by atoms with E-state index in [1.165, 1.54) is 0 Å². The number of nitriles is 1. The fraction of sp³-hybridized carbons (Fsp3) is 0.273. The third kappa shape index (κ3) is 3.37. The molecule has 1 aromatic rings. The average molecular weight is 267 g/mol. The molecule has 0 aliphatic rings. The summed E-state index contributed by atoms with van der Waals surface area (Å²) >= 11 is 3.36. The maximum atomic E-state index is 11.5. The molecule has 0 aliphatic carbocycles. The standard InChI is InChI=1S/C11H11BrN2O/c1-8-3-4-9(7-10(8)12)11(15)14-6-2-5-13/h3-4,7H,2,6H2,1H3,(H,14,15). The molecule has 0 unspecified atom stereocenters. The molecule has 1 N–H and O–H groups in total. The second-order valence-electron chi connectivity index (χ2n) is 3.13. The lowest BCUT2D eigenvalue weighted by Gasteiger charge is -2.04. The van der Waals surface area contributed by atoms with Gasteiger partial charge in [0.15, 0.2) is 0 Å². The number of amides is 1. The van der Waals surface area contributed by atoms with E-state index in [4.69, 9.17) is 5.26 Å². The summed E-state index contributed by atoms with van der Waals surface area (Å²) in [6, 6.07) is 7.39. The summed E-state index contributed by atoms with van der Waals surface area (Å²) < 4.78 is 0.912. The largest absolute Gasteiger partial charge is 0.351 e. The summed E-state index contributed by atoms with van der Waals surface area (Å²) in [4.78, 5) is 11.5. The predicted octanol–water partition coefficient (Wildman–Crippen LogP) is 2.40. The van der Waals surface area contributed by atoms with Gasteiger partial charge in [0.2, 0.25) is 0 Å². The molecule has 0 aromatic heterocycles. The summed E-state index contributed by atoms with van der Waals surface area (Å²) in [5.74, 6) is -0.147. The van der Waals surface area contributed by atoms with Crippen LogP contribution in [0.4, 0.5) is 0 Å². The first-order valence-electron chi connectivity index (χ1n) is 4.56. The highest BCUT2D eigenvalue weighted by molar-refractivity contribution is 9.10. The maximum absolute atomic E-state index is 11.5. The van der Waals surface area contributed by atoms with Gasteiger partial charge in [-0.05, 0) is 24.6 Å². The summed E-state index contributed by atoms with van der Waals surface area (Å²) in [6.07, 6.45) is 0.332. The molecular weight excluding hydrogens is 256 g/mol. The van der Waals surface area contributed by atoms with E-state index >= 15 is 0 Å². The van der Waals surface area contributed by atoms with Gasteiger partial charge in [0.25, 0.3) is 5.91 Å². The van der Waals surface area contributed by atoms with Crippen LogP contribution in [0.3, 0.4) is 0 Å². The van der Waals surface area contributed by atoms with E-state index in [1.54, 1.807) is 12.1 Å². The fourth-order valence-corrected chi connectivity index (χ4v) is 1.45. The van der Waals surface area contributed by atoms with Crippen molar-refractivity contribution in [3.8, 4) is 6.07 Å². The van der Waals surface area contributed by atoms with E-state index in [-0.39, 0.29) is 5.91 Å². The van der Waals surface area contributed by atoms with Gasteiger partial charge in [0, 0.05) is 16.6 Å². The maximum Gasteiger partial charge on any atom is 0.251 e. The lowest BCUT2D eigenvalue weighted by atomic mass is 10.1. The van der Waals surface area contributed by atoms with Crippen LogP contribution in [-0.2, 0) is 0 Å². The lowest BCUT2D eigenvalue weighted by Crippen LogP contribution is -2.24. The molecule has 0 fully saturated rings. The van der Waals surface area contributed by atoms with Crippen molar-refractivity contribution in [3.63, 3.8) is 0 Å². The second kappa shape index (κ2) is 5.52. The Morgan fingerprint density at radius 1 is 1.60 bits per heavy atom. The Morgan fingerprint density at radius 3 is 2.93 bits per heavy atom. The molecule has 78 valence electrons. The molecule has 0 heterocycles. The van der Waals surface area contributed by atoms with Crippen molar-refractivity contribution in [2.24, 2.45) is 0 Å². The second-order valence-corrected chi connectivity index (χ2v) is 3.98. The van der Waals surface area contributed by atoms with Gasteiger partial charge in [-0.1, -0.05) is 22.0 Å². The van der Waals surface area contributed by atoms with Gasteiger partial charge in [0.1, 0.15) is 0 Å². The van der Waals surface area contributed by atoms with Gasteiger partial charge >= 0.3 is 0 Å². The average Bonchev–Trinajstić information content (AvgIpc) is 2.22. The van der Waals surface area contributed by atoms with Gasteiger partial charge in [-0.2, -0.15) is 5.26 Å². The Hall–Kier alpha value is -1.34. The molecule has 0 aliphatic heterocycles. The topological polar surface area (TPSA) is 52.9 Å². The molecule has 3 nitrogen and oxygen atoms in total. The Morgan fingerprint density at radius 2 is 2.33 bits per heavy atom. The van der Waals surface area contributed by atoms with Crippen LogP contribution < -0.4 is 5.32 Å². The van der Waals surface area contributed by atoms with Crippen molar-refractivity contribution in [1.29, 1.82) is 5.26 Å². The first-order chi connectivity index (χ1) is 7.15. The first-order valence-corrected chi connectivity index (χ1v) is 5.35. The minimum absolute atomic E-state index is 0.147. The van der Waals surface area contributed by atoms with E-state index in [9.17, 15) is 4.79 Å². The summed E-state index contributed by atoms with van der Waals surface area (Å²) in [7, 11) is 0. The molecule has 0 radical (unpaired) electrons.